The molecule has 4 heteroatoms. The molecule has 0 aliphatic carbocycles. The van der Waals surface area contributed by atoms with Crippen molar-refractivity contribution < 1.29 is 13.7 Å². The van der Waals surface area contributed by atoms with Crippen LogP contribution in [0.1, 0.15) is 46.0 Å². The standard InChI is InChI=1S/C27H32O3S/c1-3-5-12-22-29-23-18-20-26(21-19-23)31(30-27(28)13-4-2,24-14-8-6-9-15-24)25-16-10-7-11-17-25/h6-11,14-21H,3-5,12-13,22H2,1-2H3. The second kappa shape index (κ2) is 11.6. The molecule has 0 N–H and O–H groups in total. The highest BCUT2D eigenvalue weighted by atomic mass is 32.3. The fourth-order valence-corrected chi connectivity index (χ4v) is 6.50. The number of hydrogen-bond acceptors (Lipinski definition) is 3. The lowest BCUT2D eigenvalue weighted by molar-refractivity contribution is -0.133. The summed E-state index contributed by atoms with van der Waals surface area (Å²) in [5, 5.41) is 0. The minimum absolute atomic E-state index is 0.176. The second-order valence-electron chi connectivity index (χ2n) is 7.41. The number of unbranched alkanes of at least 4 members (excludes halogenated alkanes) is 2. The van der Waals surface area contributed by atoms with E-state index in [0.717, 1.165) is 33.3 Å². The predicted octanol–water partition coefficient (Wildman–Crippen LogP) is 7.80. The van der Waals surface area contributed by atoms with Crippen LogP contribution in [0.3, 0.4) is 0 Å². The molecule has 0 fully saturated rings. The number of carbonyl (C=O) groups is 1. The van der Waals surface area contributed by atoms with Gasteiger partial charge in [-0.3, -0.25) is 4.79 Å². The van der Waals surface area contributed by atoms with Crippen molar-refractivity contribution in [3.63, 3.8) is 0 Å². The van der Waals surface area contributed by atoms with Crippen LogP contribution >= 0.6 is 10.3 Å². The van der Waals surface area contributed by atoms with E-state index >= 15 is 0 Å². The fraction of sp³-hybridized carbons (Fsp3) is 0.296. The number of benzene rings is 3. The van der Waals surface area contributed by atoms with Crippen molar-refractivity contribution in [3.8, 4) is 5.75 Å². The summed E-state index contributed by atoms with van der Waals surface area (Å²) in [7, 11) is -2.20. The average Bonchev–Trinajstić information content (AvgIpc) is 2.82. The number of hydrogen-bond donors (Lipinski definition) is 0. The Morgan fingerprint density at radius 3 is 1.77 bits per heavy atom. The van der Waals surface area contributed by atoms with Crippen LogP contribution in [-0.4, -0.2) is 12.6 Å². The normalized spacial score (nSPS) is 11.7. The SMILES string of the molecule is CCCCCOc1ccc(S(OC(=O)CCC)(c2ccccc2)c2ccccc2)cc1. The van der Waals surface area contributed by atoms with E-state index in [2.05, 4.69) is 31.2 Å². The van der Waals surface area contributed by atoms with Gasteiger partial charge in [0, 0.05) is 21.1 Å². The summed E-state index contributed by atoms with van der Waals surface area (Å²) in [5.41, 5.74) is 0. The Kier molecular flexibility index (Phi) is 8.60. The molecule has 3 aromatic rings. The maximum Gasteiger partial charge on any atom is 0.317 e. The molecule has 3 aromatic carbocycles. The molecule has 0 saturated carbocycles. The van der Waals surface area contributed by atoms with Gasteiger partial charge >= 0.3 is 5.97 Å². The highest BCUT2D eigenvalue weighted by Gasteiger charge is 2.35. The van der Waals surface area contributed by atoms with Gasteiger partial charge in [0.2, 0.25) is 0 Å². The van der Waals surface area contributed by atoms with Crippen LogP contribution in [0, 0.1) is 0 Å². The van der Waals surface area contributed by atoms with Crippen molar-refractivity contribution in [2.24, 2.45) is 0 Å². The van der Waals surface area contributed by atoms with Crippen LogP contribution in [0.15, 0.2) is 99.6 Å². The Morgan fingerprint density at radius 2 is 1.26 bits per heavy atom. The van der Waals surface area contributed by atoms with E-state index in [1.165, 1.54) is 12.8 Å². The summed E-state index contributed by atoms with van der Waals surface area (Å²) in [5.74, 6) is 0.666. The lowest BCUT2D eigenvalue weighted by Crippen LogP contribution is -2.13. The molecule has 31 heavy (non-hydrogen) atoms. The first-order valence-corrected chi connectivity index (χ1v) is 12.6. The second-order valence-corrected chi connectivity index (χ2v) is 10.1. The molecule has 0 aliphatic rings. The van der Waals surface area contributed by atoms with Crippen molar-refractivity contribution in [1.82, 2.24) is 0 Å². The molecule has 0 saturated heterocycles. The van der Waals surface area contributed by atoms with Crippen LogP contribution in [0.5, 0.6) is 5.75 Å². The Hall–Kier alpha value is -2.72. The molecule has 0 heterocycles. The van der Waals surface area contributed by atoms with E-state index < -0.39 is 10.3 Å². The molecule has 0 aliphatic heterocycles. The van der Waals surface area contributed by atoms with Crippen LogP contribution < -0.4 is 4.74 Å². The maximum absolute atomic E-state index is 12.8. The molecule has 3 nitrogen and oxygen atoms in total. The molecule has 0 aromatic heterocycles. The third kappa shape index (κ3) is 5.71. The number of ether oxygens (including phenoxy) is 1. The molecule has 0 amide bonds. The van der Waals surface area contributed by atoms with E-state index in [1.807, 2.05) is 67.6 Å². The first kappa shape index (κ1) is 23.0. The summed E-state index contributed by atoms with van der Waals surface area (Å²) in [6.45, 7) is 4.90. The summed E-state index contributed by atoms with van der Waals surface area (Å²) < 4.78 is 12.3. The molecular weight excluding hydrogens is 404 g/mol. The van der Waals surface area contributed by atoms with Crippen LogP contribution in [0.25, 0.3) is 0 Å². The zero-order valence-corrected chi connectivity index (χ0v) is 19.3. The highest BCUT2D eigenvalue weighted by molar-refractivity contribution is 8.30. The Labute approximate surface area is 187 Å². The van der Waals surface area contributed by atoms with E-state index in [-0.39, 0.29) is 5.97 Å². The molecule has 164 valence electrons. The van der Waals surface area contributed by atoms with Crippen molar-refractivity contribution >= 4 is 16.3 Å². The Morgan fingerprint density at radius 1 is 0.710 bits per heavy atom. The quantitative estimate of drug-likeness (QED) is 0.288. The largest absolute Gasteiger partial charge is 0.494 e. The Balaban J connectivity index is 2.05. The van der Waals surface area contributed by atoms with Gasteiger partial charge in [-0.1, -0.05) is 63.1 Å². The summed E-state index contributed by atoms with van der Waals surface area (Å²) in [4.78, 5) is 15.8. The zero-order chi connectivity index (χ0) is 21.9. The van der Waals surface area contributed by atoms with Gasteiger partial charge in [-0.2, -0.15) is 0 Å². The topological polar surface area (TPSA) is 35.5 Å². The Bertz CT molecular complexity index is 884. The van der Waals surface area contributed by atoms with E-state index in [4.69, 9.17) is 8.92 Å². The molecule has 0 atom stereocenters. The van der Waals surface area contributed by atoms with Crippen LogP contribution in [0.4, 0.5) is 0 Å². The maximum atomic E-state index is 12.8. The molecular formula is C27H32O3S. The van der Waals surface area contributed by atoms with Gasteiger partial charge in [-0.05, 0) is 71.7 Å². The molecule has 0 bridgehead atoms. The van der Waals surface area contributed by atoms with Crippen molar-refractivity contribution in [2.45, 2.75) is 60.6 Å². The van der Waals surface area contributed by atoms with Crippen molar-refractivity contribution in [2.75, 3.05) is 6.61 Å². The average molecular weight is 437 g/mol. The van der Waals surface area contributed by atoms with Crippen LogP contribution in [-0.2, 0) is 8.98 Å². The number of carbonyl (C=O) groups excluding carboxylic acids is 1. The minimum Gasteiger partial charge on any atom is -0.494 e. The van der Waals surface area contributed by atoms with Crippen molar-refractivity contribution in [1.29, 1.82) is 0 Å². The van der Waals surface area contributed by atoms with E-state index in [1.54, 1.807) is 0 Å². The van der Waals surface area contributed by atoms with Crippen LogP contribution in [0.2, 0.25) is 0 Å². The fourth-order valence-electron chi connectivity index (χ4n) is 3.43. The van der Waals surface area contributed by atoms with Gasteiger partial charge in [-0.25, -0.2) is 0 Å². The van der Waals surface area contributed by atoms with Gasteiger partial charge in [0.1, 0.15) is 5.75 Å². The van der Waals surface area contributed by atoms with Gasteiger partial charge in [-0.15, -0.1) is 0 Å². The zero-order valence-electron chi connectivity index (χ0n) is 18.5. The summed E-state index contributed by atoms with van der Waals surface area (Å²) >= 11 is 0. The van der Waals surface area contributed by atoms with Gasteiger partial charge < -0.3 is 8.92 Å². The molecule has 0 unspecified atom stereocenters. The third-order valence-corrected chi connectivity index (χ3v) is 8.24. The predicted molar refractivity (Wildman–Crippen MR) is 128 cm³/mol. The lowest BCUT2D eigenvalue weighted by atomic mass is 10.3. The minimum atomic E-state index is -2.20. The van der Waals surface area contributed by atoms with Gasteiger partial charge in [0.05, 0.1) is 6.61 Å². The summed E-state index contributed by atoms with van der Waals surface area (Å²) in [6.07, 6.45) is 4.54. The van der Waals surface area contributed by atoms with Crippen molar-refractivity contribution in [3.05, 3.63) is 84.9 Å². The number of rotatable bonds is 11. The van der Waals surface area contributed by atoms with Gasteiger partial charge in [0.15, 0.2) is 0 Å². The molecule has 0 spiro atoms. The summed E-state index contributed by atoms with van der Waals surface area (Å²) in [6, 6.07) is 28.2. The van der Waals surface area contributed by atoms with E-state index in [0.29, 0.717) is 13.0 Å². The smallest absolute Gasteiger partial charge is 0.317 e. The first-order valence-electron chi connectivity index (χ1n) is 11.1. The monoisotopic (exact) mass is 436 g/mol. The van der Waals surface area contributed by atoms with Gasteiger partial charge in [0.25, 0.3) is 0 Å². The highest BCUT2D eigenvalue weighted by Crippen LogP contribution is 2.69. The molecule has 3 rings (SSSR count). The lowest BCUT2D eigenvalue weighted by Gasteiger charge is -2.39. The third-order valence-electron chi connectivity index (χ3n) is 4.99. The first-order chi connectivity index (χ1) is 15.2. The van der Waals surface area contributed by atoms with E-state index in [9.17, 15) is 4.79 Å². The molecule has 0 radical (unpaired) electrons.